The standard InChI is InChI=1S/C14H20ClNO4S/c1-20-13-7-12(15)5-6-14(13)21(18,19)16-8-10-3-2-4-11(10)9-17/h5-7,10-11,16-17H,2-4,8-9H2,1H3. The molecule has 5 nitrogen and oxygen atoms in total. The van der Waals surface area contributed by atoms with E-state index in [2.05, 4.69) is 4.72 Å². The van der Waals surface area contributed by atoms with Crippen molar-refractivity contribution in [2.45, 2.75) is 24.2 Å². The number of halogens is 1. The Balaban J connectivity index is 2.12. The highest BCUT2D eigenvalue weighted by atomic mass is 35.5. The molecule has 0 radical (unpaired) electrons. The molecule has 1 saturated carbocycles. The van der Waals surface area contributed by atoms with Crippen molar-refractivity contribution < 1.29 is 18.3 Å². The maximum absolute atomic E-state index is 12.4. The molecule has 2 unspecified atom stereocenters. The molecular weight excluding hydrogens is 314 g/mol. The van der Waals surface area contributed by atoms with Gasteiger partial charge in [0.2, 0.25) is 10.0 Å². The summed E-state index contributed by atoms with van der Waals surface area (Å²) in [6, 6.07) is 4.43. The fourth-order valence-electron chi connectivity index (χ4n) is 2.78. The predicted octanol–water partition coefficient (Wildman–Crippen LogP) is 2.04. The van der Waals surface area contributed by atoms with Crippen LogP contribution < -0.4 is 9.46 Å². The first-order valence-electron chi connectivity index (χ1n) is 6.92. The lowest BCUT2D eigenvalue weighted by Gasteiger charge is -2.18. The first-order valence-corrected chi connectivity index (χ1v) is 8.78. The van der Waals surface area contributed by atoms with Crippen LogP contribution in [0.3, 0.4) is 0 Å². The molecule has 7 heteroatoms. The number of sulfonamides is 1. The van der Waals surface area contributed by atoms with Gasteiger partial charge in [-0.1, -0.05) is 18.0 Å². The molecule has 118 valence electrons. The van der Waals surface area contributed by atoms with Gasteiger partial charge in [-0.3, -0.25) is 0 Å². The Morgan fingerprint density at radius 3 is 2.76 bits per heavy atom. The number of hydrogen-bond donors (Lipinski definition) is 2. The summed E-state index contributed by atoms with van der Waals surface area (Å²) in [7, 11) is -2.25. The second-order valence-corrected chi connectivity index (χ2v) is 7.45. The topological polar surface area (TPSA) is 75.6 Å². The van der Waals surface area contributed by atoms with Crippen LogP contribution in [0, 0.1) is 11.8 Å². The lowest BCUT2D eigenvalue weighted by Crippen LogP contribution is -2.32. The van der Waals surface area contributed by atoms with Crippen LogP contribution in [0.2, 0.25) is 5.02 Å². The van der Waals surface area contributed by atoms with Gasteiger partial charge in [0.05, 0.1) is 7.11 Å². The van der Waals surface area contributed by atoms with E-state index in [-0.39, 0.29) is 29.1 Å². The van der Waals surface area contributed by atoms with Gasteiger partial charge in [0.15, 0.2) is 0 Å². The SMILES string of the molecule is COc1cc(Cl)ccc1S(=O)(=O)NCC1CCCC1CO. The largest absolute Gasteiger partial charge is 0.495 e. The van der Waals surface area contributed by atoms with E-state index in [9.17, 15) is 13.5 Å². The molecule has 0 aromatic heterocycles. The summed E-state index contributed by atoms with van der Waals surface area (Å²) in [6.45, 7) is 0.440. The maximum Gasteiger partial charge on any atom is 0.244 e. The molecule has 21 heavy (non-hydrogen) atoms. The minimum atomic E-state index is -3.65. The number of rotatable bonds is 6. The highest BCUT2D eigenvalue weighted by Crippen LogP contribution is 2.32. The van der Waals surface area contributed by atoms with Crippen LogP contribution in [0.1, 0.15) is 19.3 Å². The monoisotopic (exact) mass is 333 g/mol. The molecule has 1 aromatic carbocycles. The van der Waals surface area contributed by atoms with Gasteiger partial charge in [0, 0.05) is 24.2 Å². The zero-order valence-corrected chi connectivity index (χ0v) is 13.5. The molecule has 0 spiro atoms. The van der Waals surface area contributed by atoms with Crippen molar-refractivity contribution in [3.63, 3.8) is 0 Å². The molecule has 0 aliphatic heterocycles. The normalized spacial score (nSPS) is 22.4. The van der Waals surface area contributed by atoms with Gasteiger partial charge in [-0.25, -0.2) is 13.1 Å². The Hall–Kier alpha value is -0.820. The molecule has 0 amide bonds. The van der Waals surface area contributed by atoms with E-state index in [1.807, 2.05) is 0 Å². The number of benzene rings is 1. The van der Waals surface area contributed by atoms with Crippen LogP contribution in [-0.2, 0) is 10.0 Å². The Kier molecular flexibility index (Phi) is 5.48. The first kappa shape index (κ1) is 16.5. The smallest absolute Gasteiger partial charge is 0.244 e. The van der Waals surface area contributed by atoms with Gasteiger partial charge < -0.3 is 9.84 Å². The summed E-state index contributed by atoms with van der Waals surface area (Å²) in [6.07, 6.45) is 2.92. The van der Waals surface area contributed by atoms with E-state index in [1.54, 1.807) is 0 Å². The highest BCUT2D eigenvalue weighted by Gasteiger charge is 2.28. The van der Waals surface area contributed by atoms with Crippen LogP contribution in [-0.4, -0.2) is 33.8 Å². The van der Waals surface area contributed by atoms with E-state index < -0.39 is 10.0 Å². The Bertz CT molecular complexity index is 591. The fraction of sp³-hybridized carbons (Fsp3) is 0.571. The molecule has 1 aliphatic carbocycles. The number of aliphatic hydroxyl groups is 1. The van der Waals surface area contributed by atoms with Gasteiger partial charge in [0.25, 0.3) is 0 Å². The molecule has 0 heterocycles. The molecule has 2 atom stereocenters. The predicted molar refractivity (Wildman–Crippen MR) is 81.1 cm³/mol. The Morgan fingerprint density at radius 1 is 1.38 bits per heavy atom. The van der Waals surface area contributed by atoms with Gasteiger partial charge in [-0.2, -0.15) is 0 Å². The molecular formula is C14H20ClNO4S. The summed E-state index contributed by atoms with van der Waals surface area (Å²) in [5.74, 6) is 0.586. The average molecular weight is 334 g/mol. The van der Waals surface area contributed by atoms with Gasteiger partial charge in [-0.05, 0) is 36.8 Å². The summed E-state index contributed by atoms with van der Waals surface area (Å²) in [4.78, 5) is 0.0768. The van der Waals surface area contributed by atoms with E-state index in [1.165, 1.54) is 25.3 Å². The number of hydrogen-bond acceptors (Lipinski definition) is 4. The van der Waals surface area contributed by atoms with Crippen molar-refractivity contribution in [1.82, 2.24) is 4.72 Å². The molecule has 0 bridgehead atoms. The second-order valence-electron chi connectivity index (χ2n) is 5.28. The van der Waals surface area contributed by atoms with Crippen molar-refractivity contribution in [3.05, 3.63) is 23.2 Å². The maximum atomic E-state index is 12.4. The summed E-state index contributed by atoms with van der Waals surface area (Å²) >= 11 is 5.84. The van der Waals surface area contributed by atoms with Crippen molar-refractivity contribution >= 4 is 21.6 Å². The lowest BCUT2D eigenvalue weighted by molar-refractivity contribution is 0.195. The second kappa shape index (κ2) is 6.96. The van der Waals surface area contributed by atoms with Gasteiger partial charge in [0.1, 0.15) is 10.6 Å². The third-order valence-corrected chi connectivity index (χ3v) is 5.70. The van der Waals surface area contributed by atoms with Crippen molar-refractivity contribution in [1.29, 1.82) is 0 Å². The molecule has 0 saturated heterocycles. The Labute approximate surface area is 130 Å². The summed E-state index contributed by atoms with van der Waals surface area (Å²) in [5, 5.41) is 9.70. The third kappa shape index (κ3) is 3.88. The zero-order chi connectivity index (χ0) is 15.5. The van der Waals surface area contributed by atoms with Crippen LogP contribution in [0.4, 0.5) is 0 Å². The van der Waals surface area contributed by atoms with Gasteiger partial charge in [-0.15, -0.1) is 0 Å². The number of methoxy groups -OCH3 is 1. The molecule has 1 aromatic rings. The minimum Gasteiger partial charge on any atom is -0.495 e. The number of nitrogens with one attached hydrogen (secondary N) is 1. The molecule has 2 N–H and O–H groups in total. The zero-order valence-electron chi connectivity index (χ0n) is 11.9. The van der Waals surface area contributed by atoms with E-state index in [0.717, 1.165) is 19.3 Å². The number of aliphatic hydroxyl groups excluding tert-OH is 1. The summed E-state index contributed by atoms with van der Waals surface area (Å²) in [5.41, 5.74) is 0. The minimum absolute atomic E-state index is 0.0768. The molecule has 1 fully saturated rings. The van der Waals surface area contributed by atoms with Gasteiger partial charge >= 0.3 is 0 Å². The van der Waals surface area contributed by atoms with Crippen molar-refractivity contribution in [3.8, 4) is 5.75 Å². The lowest BCUT2D eigenvalue weighted by atomic mass is 9.97. The van der Waals surface area contributed by atoms with Crippen LogP contribution in [0.5, 0.6) is 5.75 Å². The average Bonchev–Trinajstić information content (AvgIpc) is 2.92. The quantitative estimate of drug-likeness (QED) is 0.835. The van der Waals surface area contributed by atoms with E-state index in [4.69, 9.17) is 16.3 Å². The summed E-state index contributed by atoms with van der Waals surface area (Å²) < 4.78 is 32.5. The van der Waals surface area contributed by atoms with Crippen LogP contribution >= 0.6 is 11.6 Å². The molecule has 1 aliphatic rings. The van der Waals surface area contributed by atoms with Crippen LogP contribution in [0.15, 0.2) is 23.1 Å². The van der Waals surface area contributed by atoms with E-state index >= 15 is 0 Å². The first-order chi connectivity index (χ1) is 9.97. The van der Waals surface area contributed by atoms with E-state index in [0.29, 0.717) is 11.6 Å². The number of ether oxygens (including phenoxy) is 1. The fourth-order valence-corrected chi connectivity index (χ4v) is 4.19. The van der Waals surface area contributed by atoms with Crippen LogP contribution in [0.25, 0.3) is 0 Å². The van der Waals surface area contributed by atoms with Crippen molar-refractivity contribution in [2.24, 2.45) is 11.8 Å². The molecule has 2 rings (SSSR count). The Morgan fingerprint density at radius 2 is 2.10 bits per heavy atom. The van der Waals surface area contributed by atoms with Crippen molar-refractivity contribution in [2.75, 3.05) is 20.3 Å². The third-order valence-electron chi connectivity index (χ3n) is 4.00. The highest BCUT2D eigenvalue weighted by molar-refractivity contribution is 7.89.